The van der Waals surface area contributed by atoms with Crippen molar-refractivity contribution in [3.05, 3.63) is 18.3 Å². The zero-order valence-electron chi connectivity index (χ0n) is 9.97. The maximum absolute atomic E-state index is 11.6. The fourth-order valence-electron chi connectivity index (χ4n) is 1.62. The maximum Gasteiger partial charge on any atom is 0.321 e. The highest BCUT2D eigenvalue weighted by atomic mass is 16.2. The van der Waals surface area contributed by atoms with E-state index in [1.165, 1.54) is 6.20 Å². The standard InChI is InChI=1S/C11H13N5O3/c12-6-1-3-8(13-5-6)15-11(19)14-7-2-4-9(17)16-10(7)18/h1,3,5,7H,2,4,12H2,(H,16,17,18)(H2,13,14,15,19)/t7-/m0/s1. The average molecular weight is 263 g/mol. The fourth-order valence-corrected chi connectivity index (χ4v) is 1.62. The molecule has 0 radical (unpaired) electrons. The molecule has 0 aliphatic carbocycles. The average Bonchev–Trinajstić information content (AvgIpc) is 2.36. The molecule has 2 rings (SSSR count). The number of nitrogens with one attached hydrogen (secondary N) is 3. The summed E-state index contributed by atoms with van der Waals surface area (Å²) in [6, 6.07) is 1.85. The molecular weight excluding hydrogens is 250 g/mol. The first kappa shape index (κ1) is 12.8. The number of carbonyl (C=O) groups is 3. The van der Waals surface area contributed by atoms with Crippen molar-refractivity contribution in [3.63, 3.8) is 0 Å². The number of hydrogen-bond acceptors (Lipinski definition) is 5. The summed E-state index contributed by atoms with van der Waals surface area (Å²) in [6.45, 7) is 0. The second-order valence-electron chi connectivity index (χ2n) is 4.08. The number of imide groups is 1. The van der Waals surface area contributed by atoms with Crippen molar-refractivity contribution >= 4 is 29.4 Å². The SMILES string of the molecule is Nc1ccc(NC(=O)N[C@H]2CCC(=O)NC2=O)nc1. The Balaban J connectivity index is 1.89. The van der Waals surface area contributed by atoms with E-state index < -0.39 is 18.0 Å². The highest BCUT2D eigenvalue weighted by Gasteiger charge is 2.27. The number of pyridine rings is 1. The van der Waals surface area contributed by atoms with Crippen molar-refractivity contribution < 1.29 is 14.4 Å². The highest BCUT2D eigenvalue weighted by Crippen LogP contribution is 2.07. The summed E-state index contributed by atoms with van der Waals surface area (Å²) >= 11 is 0. The molecule has 2 heterocycles. The molecule has 1 aliphatic heterocycles. The van der Waals surface area contributed by atoms with E-state index in [2.05, 4.69) is 20.9 Å². The summed E-state index contributed by atoms with van der Waals surface area (Å²) in [4.78, 5) is 37.9. The van der Waals surface area contributed by atoms with Gasteiger partial charge in [0.15, 0.2) is 0 Å². The van der Waals surface area contributed by atoms with E-state index >= 15 is 0 Å². The Hall–Kier alpha value is -2.64. The molecule has 1 aromatic rings. The first-order chi connectivity index (χ1) is 9.04. The van der Waals surface area contributed by atoms with Gasteiger partial charge < -0.3 is 11.1 Å². The second kappa shape index (κ2) is 5.34. The van der Waals surface area contributed by atoms with Gasteiger partial charge in [-0.1, -0.05) is 0 Å². The molecule has 1 aromatic heterocycles. The van der Waals surface area contributed by atoms with Crippen molar-refractivity contribution in [1.29, 1.82) is 0 Å². The highest BCUT2D eigenvalue weighted by molar-refractivity contribution is 6.02. The van der Waals surface area contributed by atoms with Gasteiger partial charge >= 0.3 is 6.03 Å². The molecule has 19 heavy (non-hydrogen) atoms. The summed E-state index contributed by atoms with van der Waals surface area (Å²) in [5.41, 5.74) is 5.94. The maximum atomic E-state index is 11.6. The number of nitrogens with two attached hydrogens (primary N) is 1. The molecule has 1 saturated heterocycles. The monoisotopic (exact) mass is 263 g/mol. The van der Waals surface area contributed by atoms with Crippen molar-refractivity contribution in [2.24, 2.45) is 0 Å². The van der Waals surface area contributed by atoms with Gasteiger partial charge in [0.1, 0.15) is 11.9 Å². The van der Waals surface area contributed by atoms with Crippen LogP contribution in [0.2, 0.25) is 0 Å². The van der Waals surface area contributed by atoms with E-state index in [1.54, 1.807) is 12.1 Å². The summed E-state index contributed by atoms with van der Waals surface area (Å²) in [5, 5.41) is 7.09. The van der Waals surface area contributed by atoms with Crippen LogP contribution in [0.3, 0.4) is 0 Å². The van der Waals surface area contributed by atoms with Crippen LogP contribution >= 0.6 is 0 Å². The van der Waals surface area contributed by atoms with Crippen molar-refractivity contribution in [2.45, 2.75) is 18.9 Å². The molecule has 8 heteroatoms. The molecular formula is C11H13N5O3. The van der Waals surface area contributed by atoms with Crippen LogP contribution in [0.15, 0.2) is 18.3 Å². The van der Waals surface area contributed by atoms with Crippen LogP contribution in [0, 0.1) is 0 Å². The van der Waals surface area contributed by atoms with Crippen LogP contribution in [0.1, 0.15) is 12.8 Å². The quantitative estimate of drug-likeness (QED) is 0.539. The second-order valence-corrected chi connectivity index (χ2v) is 4.08. The summed E-state index contributed by atoms with van der Waals surface area (Å²) in [7, 11) is 0. The van der Waals surface area contributed by atoms with Gasteiger partial charge in [-0.05, 0) is 18.6 Å². The number of urea groups is 1. The lowest BCUT2D eigenvalue weighted by Crippen LogP contribution is -2.53. The van der Waals surface area contributed by atoms with Gasteiger partial charge in [-0.25, -0.2) is 9.78 Å². The number of nitrogen functional groups attached to an aromatic ring is 1. The molecule has 1 atom stereocenters. The van der Waals surface area contributed by atoms with Crippen LogP contribution in [-0.4, -0.2) is 28.9 Å². The molecule has 0 unspecified atom stereocenters. The summed E-state index contributed by atoms with van der Waals surface area (Å²) in [6.07, 6.45) is 1.89. The lowest BCUT2D eigenvalue weighted by molar-refractivity contribution is -0.134. The Morgan fingerprint density at radius 1 is 1.42 bits per heavy atom. The number of carbonyl (C=O) groups excluding carboxylic acids is 3. The Morgan fingerprint density at radius 3 is 2.84 bits per heavy atom. The molecule has 0 bridgehead atoms. The van der Waals surface area contributed by atoms with Crippen LogP contribution in [0.5, 0.6) is 0 Å². The van der Waals surface area contributed by atoms with E-state index in [0.717, 1.165) is 0 Å². The van der Waals surface area contributed by atoms with Crippen LogP contribution in [0.4, 0.5) is 16.3 Å². The molecule has 0 aromatic carbocycles. The van der Waals surface area contributed by atoms with E-state index in [1.807, 2.05) is 0 Å². The number of piperidine rings is 1. The molecule has 8 nitrogen and oxygen atoms in total. The topological polar surface area (TPSA) is 126 Å². The molecule has 0 spiro atoms. The minimum absolute atomic E-state index is 0.205. The molecule has 1 fully saturated rings. The predicted octanol–water partition coefficient (Wildman–Crippen LogP) is -0.410. The van der Waals surface area contributed by atoms with Gasteiger partial charge in [-0.3, -0.25) is 20.2 Å². The van der Waals surface area contributed by atoms with Gasteiger partial charge in [-0.2, -0.15) is 0 Å². The third kappa shape index (κ3) is 3.41. The summed E-state index contributed by atoms with van der Waals surface area (Å²) < 4.78 is 0. The van der Waals surface area contributed by atoms with Crippen molar-refractivity contribution in [3.8, 4) is 0 Å². The van der Waals surface area contributed by atoms with Crippen LogP contribution < -0.4 is 21.7 Å². The fraction of sp³-hybridized carbons (Fsp3) is 0.273. The van der Waals surface area contributed by atoms with Crippen molar-refractivity contribution in [1.82, 2.24) is 15.6 Å². The van der Waals surface area contributed by atoms with Crippen LogP contribution in [-0.2, 0) is 9.59 Å². The zero-order valence-corrected chi connectivity index (χ0v) is 9.97. The number of amides is 4. The van der Waals surface area contributed by atoms with E-state index in [0.29, 0.717) is 11.5 Å². The summed E-state index contributed by atoms with van der Waals surface area (Å²) in [5.74, 6) is -0.515. The molecule has 0 saturated carbocycles. The van der Waals surface area contributed by atoms with Gasteiger partial charge in [0, 0.05) is 6.42 Å². The Kier molecular flexibility index (Phi) is 3.60. The first-order valence-electron chi connectivity index (χ1n) is 5.67. The molecule has 5 N–H and O–H groups in total. The predicted molar refractivity (Wildman–Crippen MR) is 67.0 cm³/mol. The van der Waals surface area contributed by atoms with E-state index in [9.17, 15) is 14.4 Å². The lowest BCUT2D eigenvalue weighted by Gasteiger charge is -2.21. The Labute approximate surface area is 108 Å². The number of aromatic nitrogens is 1. The smallest absolute Gasteiger partial charge is 0.321 e. The molecule has 1 aliphatic rings. The first-order valence-corrected chi connectivity index (χ1v) is 5.67. The number of rotatable bonds is 2. The third-order valence-corrected chi connectivity index (χ3v) is 2.57. The zero-order chi connectivity index (χ0) is 13.8. The van der Waals surface area contributed by atoms with Crippen molar-refractivity contribution in [2.75, 3.05) is 11.1 Å². The van der Waals surface area contributed by atoms with E-state index in [-0.39, 0.29) is 18.7 Å². The lowest BCUT2D eigenvalue weighted by atomic mass is 10.1. The third-order valence-electron chi connectivity index (χ3n) is 2.57. The normalized spacial score (nSPS) is 18.6. The Morgan fingerprint density at radius 2 is 2.21 bits per heavy atom. The number of hydrogen-bond donors (Lipinski definition) is 4. The Bertz CT molecular complexity index is 514. The number of nitrogens with zero attached hydrogens (tertiary/aromatic N) is 1. The minimum Gasteiger partial charge on any atom is -0.397 e. The van der Waals surface area contributed by atoms with Gasteiger partial charge in [-0.15, -0.1) is 0 Å². The molecule has 4 amide bonds. The van der Waals surface area contributed by atoms with E-state index in [4.69, 9.17) is 5.73 Å². The minimum atomic E-state index is -0.716. The van der Waals surface area contributed by atoms with Gasteiger partial charge in [0.25, 0.3) is 0 Å². The molecule has 100 valence electrons. The van der Waals surface area contributed by atoms with Gasteiger partial charge in [0.05, 0.1) is 11.9 Å². The largest absolute Gasteiger partial charge is 0.397 e. The number of anilines is 2. The van der Waals surface area contributed by atoms with Gasteiger partial charge in [0.2, 0.25) is 11.8 Å². The van der Waals surface area contributed by atoms with Crippen LogP contribution in [0.25, 0.3) is 0 Å².